The fourth-order valence-electron chi connectivity index (χ4n) is 6.70. The Hall–Kier alpha value is -4.15. The van der Waals surface area contributed by atoms with Crippen molar-refractivity contribution >= 4 is 17.4 Å². The van der Waals surface area contributed by atoms with Crippen molar-refractivity contribution in [3.05, 3.63) is 87.6 Å². The maximum atomic E-state index is 14.6. The molecule has 0 spiro atoms. The third-order valence-electron chi connectivity index (χ3n) is 8.94. The summed E-state index contributed by atoms with van der Waals surface area (Å²) in [6.07, 6.45) is 6.48. The largest absolute Gasteiger partial charge is 0.388 e. The van der Waals surface area contributed by atoms with Crippen LogP contribution in [-0.4, -0.2) is 54.2 Å². The topological polar surface area (TPSA) is 123 Å². The highest BCUT2D eigenvalue weighted by atomic mass is 16.5. The first-order chi connectivity index (χ1) is 21.6. The average molecular weight is 611 g/mol. The van der Waals surface area contributed by atoms with Gasteiger partial charge < -0.3 is 9.84 Å². The first-order valence-electron chi connectivity index (χ1n) is 16.0. The summed E-state index contributed by atoms with van der Waals surface area (Å²) >= 11 is 0. The van der Waals surface area contributed by atoms with Crippen LogP contribution in [0.2, 0.25) is 0 Å². The molecule has 4 aromatic rings. The standard InChI is InChI=1S/C35H42N6O4/c1-5-9-30-32(22(2)24-12-17-27(23-10-7-6-8-11-23)28(18-24)29-19-31(42)39-38-29)33(43)40(34-36-21-37-41(30)34)25-13-15-26(16-14-25)45-20-35(3,4)44/h6-8,10-12,17-18,21-22,25-26,44H,5,9,13-16,19-20H2,1-4H3,(H,39,42). The van der Waals surface area contributed by atoms with Crippen molar-refractivity contribution in [2.45, 2.75) is 96.3 Å². The lowest BCUT2D eigenvalue weighted by Crippen LogP contribution is -2.36. The van der Waals surface area contributed by atoms with E-state index in [4.69, 9.17) is 4.74 Å². The van der Waals surface area contributed by atoms with E-state index in [1.807, 2.05) is 39.4 Å². The number of nitrogens with zero attached hydrogens (tertiary/aromatic N) is 5. The SMILES string of the molecule is CCCc1c(C(C)c2ccc(-c3ccccc3)c(C3=NNC(=O)C3)c2)c(=O)n(C2CCC(OCC(C)(C)O)CC2)c2ncnn12. The van der Waals surface area contributed by atoms with E-state index in [-0.39, 0.29) is 42.6 Å². The fraction of sp³-hybridized carbons (Fsp3) is 0.457. The van der Waals surface area contributed by atoms with Gasteiger partial charge in [-0.2, -0.15) is 15.2 Å². The van der Waals surface area contributed by atoms with E-state index in [2.05, 4.69) is 52.7 Å². The second-order valence-corrected chi connectivity index (χ2v) is 13.0. The molecule has 2 aromatic carbocycles. The smallest absolute Gasteiger partial charge is 0.259 e. The van der Waals surface area contributed by atoms with Crippen LogP contribution in [0.25, 0.3) is 16.9 Å². The fourth-order valence-corrected chi connectivity index (χ4v) is 6.70. The van der Waals surface area contributed by atoms with Crippen LogP contribution < -0.4 is 11.0 Å². The number of hydrogen-bond acceptors (Lipinski definition) is 7. The zero-order chi connectivity index (χ0) is 31.7. The van der Waals surface area contributed by atoms with E-state index in [9.17, 15) is 14.7 Å². The molecule has 2 aromatic heterocycles. The van der Waals surface area contributed by atoms with Crippen molar-refractivity contribution in [2.75, 3.05) is 6.61 Å². The predicted octanol–water partition coefficient (Wildman–Crippen LogP) is 5.16. The number of ether oxygens (including phenoxy) is 1. The minimum atomic E-state index is -0.878. The number of aliphatic hydroxyl groups is 1. The maximum absolute atomic E-state index is 14.6. The molecule has 0 radical (unpaired) electrons. The highest BCUT2D eigenvalue weighted by Crippen LogP contribution is 2.35. The van der Waals surface area contributed by atoms with Gasteiger partial charge in [0.15, 0.2) is 0 Å². The molecule has 1 aliphatic carbocycles. The number of hydrogen-bond donors (Lipinski definition) is 2. The Kier molecular flexibility index (Phi) is 8.70. The molecular formula is C35H42N6O4. The van der Waals surface area contributed by atoms with Crippen LogP contribution >= 0.6 is 0 Å². The minimum absolute atomic E-state index is 0.0314. The molecule has 45 heavy (non-hydrogen) atoms. The third kappa shape index (κ3) is 6.35. The Labute approximate surface area is 263 Å². The number of amides is 1. The molecule has 3 heterocycles. The Morgan fingerprint density at radius 3 is 2.49 bits per heavy atom. The van der Waals surface area contributed by atoms with E-state index in [0.717, 1.165) is 65.6 Å². The zero-order valence-electron chi connectivity index (χ0n) is 26.5. The van der Waals surface area contributed by atoms with Crippen molar-refractivity contribution in [1.82, 2.24) is 24.6 Å². The molecule has 2 N–H and O–H groups in total. The number of carbonyl (C=O) groups is 1. The molecule has 1 atom stereocenters. The molecule has 1 saturated carbocycles. The van der Waals surface area contributed by atoms with Gasteiger partial charge in [-0.25, -0.2) is 9.94 Å². The highest BCUT2D eigenvalue weighted by Gasteiger charge is 2.31. The molecule has 10 nitrogen and oxygen atoms in total. The third-order valence-corrected chi connectivity index (χ3v) is 8.94. The number of carbonyl (C=O) groups excluding carboxylic acids is 1. The van der Waals surface area contributed by atoms with Crippen LogP contribution in [0.15, 0.2) is 64.8 Å². The Morgan fingerprint density at radius 1 is 1.07 bits per heavy atom. The minimum Gasteiger partial charge on any atom is -0.388 e. The van der Waals surface area contributed by atoms with Gasteiger partial charge >= 0.3 is 0 Å². The van der Waals surface area contributed by atoms with E-state index in [1.165, 1.54) is 6.33 Å². The summed E-state index contributed by atoms with van der Waals surface area (Å²) < 4.78 is 9.71. The average Bonchev–Trinajstić information content (AvgIpc) is 3.70. The van der Waals surface area contributed by atoms with Gasteiger partial charge in [-0.1, -0.05) is 62.7 Å². The van der Waals surface area contributed by atoms with Gasteiger partial charge in [-0.05, 0) is 68.7 Å². The molecule has 10 heteroatoms. The van der Waals surface area contributed by atoms with E-state index < -0.39 is 5.60 Å². The molecule has 1 unspecified atom stereocenters. The summed E-state index contributed by atoms with van der Waals surface area (Å²) in [5, 5.41) is 19.1. The second-order valence-electron chi connectivity index (χ2n) is 13.0. The van der Waals surface area contributed by atoms with Gasteiger partial charge in [0.1, 0.15) is 6.33 Å². The number of fused-ring (bicyclic) bond motifs is 1. The monoisotopic (exact) mass is 610 g/mol. The number of aryl methyl sites for hydroxylation is 1. The molecule has 1 aliphatic heterocycles. The molecular weight excluding hydrogens is 568 g/mol. The lowest BCUT2D eigenvalue weighted by molar-refractivity contribution is -0.119. The number of nitrogens with one attached hydrogen (secondary N) is 1. The maximum Gasteiger partial charge on any atom is 0.259 e. The van der Waals surface area contributed by atoms with E-state index in [0.29, 0.717) is 17.9 Å². The van der Waals surface area contributed by atoms with Crippen LogP contribution in [0.1, 0.15) is 101 Å². The first kappa shape index (κ1) is 30.9. The van der Waals surface area contributed by atoms with Gasteiger partial charge in [0.2, 0.25) is 11.7 Å². The van der Waals surface area contributed by atoms with Gasteiger partial charge in [0.25, 0.3) is 5.56 Å². The van der Waals surface area contributed by atoms with Crippen LogP contribution in [-0.2, 0) is 16.0 Å². The van der Waals surface area contributed by atoms with E-state index in [1.54, 1.807) is 13.8 Å². The number of benzene rings is 2. The summed E-state index contributed by atoms with van der Waals surface area (Å²) in [5.74, 6) is 0.192. The lowest BCUT2D eigenvalue weighted by Gasteiger charge is -2.32. The van der Waals surface area contributed by atoms with Crippen LogP contribution in [0.5, 0.6) is 0 Å². The van der Waals surface area contributed by atoms with Crippen molar-refractivity contribution < 1.29 is 14.6 Å². The molecule has 0 saturated heterocycles. The van der Waals surface area contributed by atoms with Crippen LogP contribution in [0, 0.1) is 0 Å². The lowest BCUT2D eigenvalue weighted by atomic mass is 9.86. The van der Waals surface area contributed by atoms with Crippen LogP contribution in [0.3, 0.4) is 0 Å². The van der Waals surface area contributed by atoms with Crippen LogP contribution in [0.4, 0.5) is 0 Å². The molecule has 1 amide bonds. The number of hydrazone groups is 1. The summed E-state index contributed by atoms with van der Waals surface area (Å²) in [5.41, 5.74) is 7.85. The molecule has 0 bridgehead atoms. The summed E-state index contributed by atoms with van der Waals surface area (Å²) in [4.78, 5) is 31.4. The first-order valence-corrected chi connectivity index (χ1v) is 16.0. The quantitative estimate of drug-likeness (QED) is 0.256. The van der Waals surface area contributed by atoms with Crippen molar-refractivity contribution in [1.29, 1.82) is 0 Å². The summed E-state index contributed by atoms with van der Waals surface area (Å²) in [6.45, 7) is 7.96. The second kappa shape index (κ2) is 12.7. The van der Waals surface area contributed by atoms with E-state index >= 15 is 0 Å². The van der Waals surface area contributed by atoms with Crippen molar-refractivity contribution in [2.24, 2.45) is 5.10 Å². The van der Waals surface area contributed by atoms with Crippen molar-refractivity contribution in [3.63, 3.8) is 0 Å². The van der Waals surface area contributed by atoms with Gasteiger partial charge in [0.05, 0.1) is 36.1 Å². The van der Waals surface area contributed by atoms with Gasteiger partial charge in [-0.15, -0.1) is 0 Å². The Morgan fingerprint density at radius 2 is 1.82 bits per heavy atom. The number of aromatic nitrogens is 4. The zero-order valence-corrected chi connectivity index (χ0v) is 26.5. The Balaban J connectivity index is 1.41. The molecule has 236 valence electrons. The summed E-state index contributed by atoms with van der Waals surface area (Å²) in [7, 11) is 0. The van der Waals surface area contributed by atoms with Gasteiger partial charge in [-0.3, -0.25) is 14.2 Å². The molecule has 6 rings (SSSR count). The molecule has 2 aliphatic rings. The Bertz CT molecular complexity index is 1780. The number of rotatable bonds is 10. The normalized spacial score (nSPS) is 19.5. The predicted molar refractivity (Wildman–Crippen MR) is 173 cm³/mol. The van der Waals surface area contributed by atoms with Crippen molar-refractivity contribution in [3.8, 4) is 11.1 Å². The molecule has 1 fully saturated rings. The highest BCUT2D eigenvalue weighted by molar-refractivity contribution is 6.16. The van der Waals surface area contributed by atoms with Gasteiger partial charge in [0, 0.05) is 23.1 Å². The summed E-state index contributed by atoms with van der Waals surface area (Å²) in [6, 6.07) is 16.3.